The molecule has 0 unspecified atom stereocenters. The Hall–Kier alpha value is -2.42. The minimum atomic E-state index is -0.427. The van der Waals surface area contributed by atoms with Crippen LogP contribution in [0.4, 0.5) is 4.39 Å². The number of hydrogen-bond donors (Lipinski definition) is 0. The Morgan fingerprint density at radius 1 is 1.00 bits per heavy atom. The summed E-state index contributed by atoms with van der Waals surface area (Å²) in [6.07, 6.45) is 17.8. The molecule has 1 saturated carbocycles. The molecule has 2 nitrogen and oxygen atoms in total. The van der Waals surface area contributed by atoms with Crippen molar-refractivity contribution >= 4 is 5.97 Å². The highest BCUT2D eigenvalue weighted by Gasteiger charge is 2.18. The first-order valence-electron chi connectivity index (χ1n) is 11.9. The van der Waals surface area contributed by atoms with Crippen LogP contribution in [0.1, 0.15) is 80.6 Å². The zero-order valence-electron chi connectivity index (χ0n) is 18.7. The highest BCUT2D eigenvalue weighted by atomic mass is 19.1. The number of rotatable bonds is 10. The number of carbonyl (C=O) groups excluding carboxylic acids is 1. The van der Waals surface area contributed by atoms with Crippen molar-refractivity contribution in [3.05, 3.63) is 77.6 Å². The summed E-state index contributed by atoms with van der Waals surface area (Å²) < 4.78 is 18.2. The molecule has 1 aliphatic carbocycles. The van der Waals surface area contributed by atoms with E-state index in [1.54, 1.807) is 12.1 Å². The highest BCUT2D eigenvalue weighted by molar-refractivity contribution is 5.91. The number of allylic oxidation sites excluding steroid dienone is 2. The monoisotopic (exact) mass is 422 g/mol. The molecular formula is C28H35FO2. The van der Waals surface area contributed by atoms with Crippen molar-refractivity contribution in [3.63, 3.8) is 0 Å². The van der Waals surface area contributed by atoms with Crippen LogP contribution >= 0.6 is 0 Å². The molecule has 3 rings (SSSR count). The Morgan fingerprint density at radius 2 is 1.71 bits per heavy atom. The molecule has 0 spiro atoms. The fraction of sp³-hybridized carbons (Fsp3) is 0.464. The number of aryl methyl sites for hydroxylation is 1. The van der Waals surface area contributed by atoms with Crippen molar-refractivity contribution < 1.29 is 13.9 Å². The molecule has 0 bridgehead atoms. The van der Waals surface area contributed by atoms with Gasteiger partial charge in [-0.3, -0.25) is 0 Å². The maximum Gasteiger partial charge on any atom is 0.343 e. The van der Waals surface area contributed by atoms with Gasteiger partial charge in [0.05, 0.1) is 5.56 Å². The summed E-state index contributed by atoms with van der Waals surface area (Å²) in [5.41, 5.74) is 1.71. The van der Waals surface area contributed by atoms with Gasteiger partial charge in [0.1, 0.15) is 11.6 Å². The zero-order chi connectivity index (χ0) is 21.9. The Kier molecular flexibility index (Phi) is 9.33. The summed E-state index contributed by atoms with van der Waals surface area (Å²) >= 11 is 0. The standard InChI is InChI=1S/C28H35FO2/c1-2-3-4-7-22-10-12-23(13-11-22)8-5-6-9-24-14-16-25(17-15-24)28(30)31-27-20-18-26(29)19-21-27/h5,8,14-23H,2-4,6-7,9-13H2,1H3/b8-5+/t22-,23-. The molecule has 0 aromatic heterocycles. The van der Waals surface area contributed by atoms with E-state index in [0.717, 1.165) is 24.7 Å². The van der Waals surface area contributed by atoms with Crippen LogP contribution in [-0.2, 0) is 6.42 Å². The number of ether oxygens (including phenoxy) is 1. The van der Waals surface area contributed by atoms with E-state index in [9.17, 15) is 9.18 Å². The SMILES string of the molecule is CCCCC[C@H]1CC[C@H](/C=C/CCc2ccc(C(=O)Oc3ccc(F)cc3)cc2)CC1. The molecule has 0 aliphatic heterocycles. The lowest BCUT2D eigenvalue weighted by Crippen LogP contribution is -2.13. The summed E-state index contributed by atoms with van der Waals surface area (Å²) in [5, 5.41) is 0. The Bertz CT molecular complexity index is 815. The van der Waals surface area contributed by atoms with Crippen LogP contribution in [0.2, 0.25) is 0 Å². The van der Waals surface area contributed by atoms with E-state index >= 15 is 0 Å². The molecule has 2 aromatic carbocycles. The summed E-state index contributed by atoms with van der Waals surface area (Å²) in [7, 11) is 0. The average molecular weight is 423 g/mol. The molecule has 0 N–H and O–H groups in total. The number of unbranched alkanes of at least 4 members (excludes halogenated alkanes) is 2. The van der Waals surface area contributed by atoms with Crippen LogP contribution < -0.4 is 4.74 Å². The van der Waals surface area contributed by atoms with Gasteiger partial charge in [-0.25, -0.2) is 9.18 Å². The highest BCUT2D eigenvalue weighted by Crippen LogP contribution is 2.32. The Morgan fingerprint density at radius 3 is 2.39 bits per heavy atom. The molecule has 0 radical (unpaired) electrons. The lowest BCUT2D eigenvalue weighted by atomic mass is 9.79. The third kappa shape index (κ3) is 7.97. The minimum absolute atomic E-state index is 0.343. The van der Waals surface area contributed by atoms with Crippen molar-refractivity contribution in [2.24, 2.45) is 11.8 Å². The van der Waals surface area contributed by atoms with E-state index in [0.29, 0.717) is 11.3 Å². The van der Waals surface area contributed by atoms with Crippen LogP contribution in [0.25, 0.3) is 0 Å². The van der Waals surface area contributed by atoms with Crippen LogP contribution in [0.5, 0.6) is 5.75 Å². The quantitative estimate of drug-likeness (QED) is 0.168. The first-order valence-corrected chi connectivity index (χ1v) is 11.9. The summed E-state index contributed by atoms with van der Waals surface area (Å²) in [6.45, 7) is 2.28. The predicted octanol–water partition coefficient (Wildman–Crippen LogP) is 7.92. The van der Waals surface area contributed by atoms with Gasteiger partial charge in [0.2, 0.25) is 0 Å². The van der Waals surface area contributed by atoms with Gasteiger partial charge < -0.3 is 4.74 Å². The van der Waals surface area contributed by atoms with Crippen molar-refractivity contribution in [1.29, 1.82) is 0 Å². The molecule has 31 heavy (non-hydrogen) atoms. The number of carbonyl (C=O) groups is 1. The first kappa shape index (κ1) is 23.2. The van der Waals surface area contributed by atoms with Gasteiger partial charge in [-0.1, -0.05) is 56.9 Å². The van der Waals surface area contributed by atoms with E-state index in [-0.39, 0.29) is 5.82 Å². The lowest BCUT2D eigenvalue weighted by Gasteiger charge is -2.26. The number of halogens is 1. The van der Waals surface area contributed by atoms with Crippen LogP contribution in [0, 0.1) is 17.7 Å². The number of benzene rings is 2. The second-order valence-electron chi connectivity index (χ2n) is 8.78. The van der Waals surface area contributed by atoms with Gasteiger partial charge in [-0.15, -0.1) is 0 Å². The largest absolute Gasteiger partial charge is 0.423 e. The van der Waals surface area contributed by atoms with Crippen molar-refractivity contribution in [3.8, 4) is 5.75 Å². The summed E-state index contributed by atoms with van der Waals surface area (Å²) in [6, 6.07) is 13.0. The molecule has 166 valence electrons. The van der Waals surface area contributed by atoms with Gasteiger partial charge in [-0.05, 0) is 92.3 Å². The molecule has 3 heteroatoms. The van der Waals surface area contributed by atoms with Crippen molar-refractivity contribution in [2.75, 3.05) is 0 Å². The Balaban J connectivity index is 1.36. The summed E-state index contributed by atoms with van der Waals surface area (Å²) in [5.74, 6) is 1.28. The van der Waals surface area contributed by atoms with Gasteiger partial charge in [-0.2, -0.15) is 0 Å². The molecule has 0 heterocycles. The van der Waals surface area contributed by atoms with E-state index in [1.807, 2.05) is 12.1 Å². The molecule has 0 atom stereocenters. The van der Waals surface area contributed by atoms with Crippen LogP contribution in [-0.4, -0.2) is 5.97 Å². The molecular weight excluding hydrogens is 387 g/mol. The number of hydrogen-bond acceptors (Lipinski definition) is 2. The third-order valence-corrected chi connectivity index (χ3v) is 6.33. The summed E-state index contributed by atoms with van der Waals surface area (Å²) in [4.78, 5) is 12.2. The van der Waals surface area contributed by atoms with Crippen LogP contribution in [0.3, 0.4) is 0 Å². The van der Waals surface area contributed by atoms with E-state index in [1.165, 1.54) is 81.2 Å². The minimum Gasteiger partial charge on any atom is -0.423 e. The van der Waals surface area contributed by atoms with E-state index in [4.69, 9.17) is 4.74 Å². The maximum atomic E-state index is 12.9. The van der Waals surface area contributed by atoms with Gasteiger partial charge >= 0.3 is 5.97 Å². The molecule has 0 amide bonds. The van der Waals surface area contributed by atoms with Crippen LogP contribution in [0.15, 0.2) is 60.7 Å². The average Bonchev–Trinajstić information content (AvgIpc) is 2.80. The van der Waals surface area contributed by atoms with Gasteiger partial charge in [0.25, 0.3) is 0 Å². The smallest absolute Gasteiger partial charge is 0.343 e. The van der Waals surface area contributed by atoms with Gasteiger partial charge in [0.15, 0.2) is 0 Å². The topological polar surface area (TPSA) is 26.3 Å². The second kappa shape index (κ2) is 12.4. The van der Waals surface area contributed by atoms with E-state index < -0.39 is 5.97 Å². The third-order valence-electron chi connectivity index (χ3n) is 6.33. The second-order valence-corrected chi connectivity index (χ2v) is 8.78. The Labute approximate surface area is 186 Å². The molecule has 1 fully saturated rings. The normalized spacial score (nSPS) is 18.9. The molecule has 2 aromatic rings. The fourth-order valence-electron chi connectivity index (χ4n) is 4.37. The van der Waals surface area contributed by atoms with E-state index in [2.05, 4.69) is 19.1 Å². The fourth-order valence-corrected chi connectivity index (χ4v) is 4.37. The van der Waals surface area contributed by atoms with Gasteiger partial charge in [0, 0.05) is 0 Å². The van der Waals surface area contributed by atoms with Crippen molar-refractivity contribution in [1.82, 2.24) is 0 Å². The zero-order valence-corrected chi connectivity index (χ0v) is 18.7. The number of esters is 1. The maximum absolute atomic E-state index is 12.9. The molecule has 0 saturated heterocycles. The first-order chi connectivity index (χ1) is 15.1. The molecule has 1 aliphatic rings. The van der Waals surface area contributed by atoms with Crippen molar-refractivity contribution in [2.45, 2.75) is 71.1 Å². The predicted molar refractivity (Wildman–Crippen MR) is 125 cm³/mol. The lowest BCUT2D eigenvalue weighted by molar-refractivity contribution is 0.0734.